The van der Waals surface area contributed by atoms with E-state index in [9.17, 15) is 19.1 Å². The van der Waals surface area contributed by atoms with Crippen LogP contribution in [0.2, 0.25) is 0 Å². The van der Waals surface area contributed by atoms with Gasteiger partial charge >= 0.3 is 59.1 Å². The molecule has 0 heterocycles. The first-order chi connectivity index (χ1) is 6.84. The summed E-state index contributed by atoms with van der Waals surface area (Å²) in [4.78, 5) is 33.1. The average molecular weight is 272 g/mol. The van der Waals surface area contributed by atoms with Gasteiger partial charge in [0.05, 0.1) is 0 Å². The van der Waals surface area contributed by atoms with Crippen LogP contribution < -0.4 is 68.9 Å². The summed E-state index contributed by atoms with van der Waals surface area (Å²) in [5, 5.41) is 0. The number of rotatable bonds is 3. The van der Waals surface area contributed by atoms with Crippen LogP contribution in [-0.4, -0.2) is 11.4 Å². The minimum absolute atomic E-state index is 0. The van der Waals surface area contributed by atoms with Crippen LogP contribution in [0.1, 0.15) is 22.8 Å². The van der Waals surface area contributed by atoms with E-state index < -0.39 is 19.0 Å². The van der Waals surface area contributed by atoms with Gasteiger partial charge in [-0.05, 0) is 12.5 Å². The second-order valence-electron chi connectivity index (χ2n) is 3.39. The SMILES string of the molecule is Cc1ccccc1C(=O)C(C)P(=O)([O-])[O-].[Na+].[Na+]. The van der Waals surface area contributed by atoms with E-state index >= 15 is 0 Å². The van der Waals surface area contributed by atoms with Crippen molar-refractivity contribution in [1.82, 2.24) is 0 Å². The molecule has 17 heavy (non-hydrogen) atoms. The molecule has 7 heteroatoms. The van der Waals surface area contributed by atoms with Gasteiger partial charge in [-0.1, -0.05) is 38.8 Å². The number of Topliss-reactive ketones (excluding diaryl/α,β-unsaturated/α-hetero) is 1. The van der Waals surface area contributed by atoms with Crippen LogP contribution in [0, 0.1) is 6.92 Å². The Balaban J connectivity index is 0. The third-order valence-corrected chi connectivity index (χ3v) is 3.45. The van der Waals surface area contributed by atoms with Crippen molar-refractivity contribution in [3.05, 3.63) is 35.4 Å². The Kier molecular flexibility index (Phi) is 9.89. The van der Waals surface area contributed by atoms with Gasteiger partial charge in [-0.2, -0.15) is 0 Å². The molecule has 1 aromatic carbocycles. The van der Waals surface area contributed by atoms with Crippen LogP contribution in [0.25, 0.3) is 0 Å². The number of carbonyl (C=O) groups is 1. The predicted octanol–water partition coefficient (Wildman–Crippen LogP) is -5.51. The van der Waals surface area contributed by atoms with Crippen LogP contribution in [-0.2, 0) is 4.57 Å². The topological polar surface area (TPSA) is 80.3 Å². The van der Waals surface area contributed by atoms with E-state index in [4.69, 9.17) is 0 Å². The molecule has 0 aliphatic heterocycles. The maximum Gasteiger partial charge on any atom is 1.00 e. The third-order valence-electron chi connectivity index (χ3n) is 2.26. The molecule has 0 amide bonds. The molecule has 1 unspecified atom stereocenters. The fourth-order valence-electron chi connectivity index (χ4n) is 1.22. The molecule has 1 aromatic rings. The number of carbonyl (C=O) groups excluding carboxylic acids is 1. The molecule has 82 valence electrons. The molecule has 0 fully saturated rings. The second kappa shape index (κ2) is 8.26. The Bertz CT molecular complexity index is 430. The van der Waals surface area contributed by atoms with E-state index in [1.807, 2.05) is 0 Å². The fourth-order valence-corrected chi connectivity index (χ4v) is 1.64. The Labute approximate surface area is 145 Å². The van der Waals surface area contributed by atoms with Crippen LogP contribution in [0.3, 0.4) is 0 Å². The quantitative estimate of drug-likeness (QED) is 0.312. The van der Waals surface area contributed by atoms with Crippen molar-refractivity contribution < 1.29 is 78.3 Å². The maximum atomic E-state index is 11.6. The van der Waals surface area contributed by atoms with Gasteiger partial charge in [0.1, 0.15) is 0 Å². The van der Waals surface area contributed by atoms with Gasteiger partial charge < -0.3 is 14.4 Å². The standard InChI is InChI=1S/C10H13O4P.2Na/c1-7-5-3-4-6-9(7)10(11)8(2)15(12,13)14;;/h3-6,8H,1-2H3,(H2,12,13,14);;/q;2*+1/p-2. The molecule has 1 atom stereocenters. The molecular formula is C10H11Na2O4P. The smallest absolute Gasteiger partial charge is 0.810 e. The molecule has 1 rings (SSSR count). The zero-order valence-electron chi connectivity index (χ0n) is 10.5. The molecule has 0 spiro atoms. The fraction of sp³-hybridized carbons (Fsp3) is 0.300. The predicted molar refractivity (Wildman–Crippen MR) is 52.6 cm³/mol. The summed E-state index contributed by atoms with van der Waals surface area (Å²) in [7, 11) is -4.85. The summed E-state index contributed by atoms with van der Waals surface area (Å²) in [5.41, 5.74) is -0.543. The minimum Gasteiger partial charge on any atom is -0.810 e. The van der Waals surface area contributed by atoms with Gasteiger partial charge in [0.25, 0.3) is 0 Å². The summed E-state index contributed by atoms with van der Waals surface area (Å²) in [6.45, 7) is 2.82. The molecule has 0 N–H and O–H groups in total. The van der Waals surface area contributed by atoms with E-state index in [2.05, 4.69) is 0 Å². The van der Waals surface area contributed by atoms with Crippen LogP contribution in [0.15, 0.2) is 24.3 Å². The Morgan fingerprint density at radius 1 is 1.24 bits per heavy atom. The van der Waals surface area contributed by atoms with Gasteiger partial charge in [-0.25, -0.2) is 0 Å². The van der Waals surface area contributed by atoms with E-state index in [1.165, 1.54) is 6.07 Å². The van der Waals surface area contributed by atoms with Crippen molar-refractivity contribution in [3.8, 4) is 0 Å². The molecule has 0 aliphatic rings. The largest absolute Gasteiger partial charge is 1.00 e. The van der Waals surface area contributed by atoms with Crippen LogP contribution >= 0.6 is 7.60 Å². The zero-order valence-corrected chi connectivity index (χ0v) is 15.4. The Hall–Kier alpha value is 1.04. The molecule has 0 saturated carbocycles. The van der Waals surface area contributed by atoms with E-state index in [1.54, 1.807) is 25.1 Å². The zero-order chi connectivity index (χ0) is 11.6. The number of aryl methyl sites for hydroxylation is 1. The van der Waals surface area contributed by atoms with E-state index in [0.717, 1.165) is 6.92 Å². The summed E-state index contributed by atoms with van der Waals surface area (Å²) in [5.74, 6) is -0.638. The summed E-state index contributed by atoms with van der Waals surface area (Å²) in [6.07, 6.45) is 0. The number of ketones is 1. The molecule has 0 aromatic heterocycles. The number of hydrogen-bond acceptors (Lipinski definition) is 4. The van der Waals surface area contributed by atoms with E-state index in [-0.39, 0.29) is 64.7 Å². The molecular weight excluding hydrogens is 261 g/mol. The van der Waals surface area contributed by atoms with Gasteiger partial charge in [-0.15, -0.1) is 0 Å². The number of benzene rings is 1. The van der Waals surface area contributed by atoms with E-state index in [0.29, 0.717) is 5.56 Å². The minimum atomic E-state index is -4.85. The van der Waals surface area contributed by atoms with Crippen molar-refractivity contribution >= 4 is 13.4 Å². The molecule has 0 saturated heterocycles. The van der Waals surface area contributed by atoms with Crippen molar-refractivity contribution in [2.75, 3.05) is 0 Å². The first-order valence-electron chi connectivity index (χ1n) is 4.45. The van der Waals surface area contributed by atoms with Gasteiger partial charge in [0.2, 0.25) is 0 Å². The van der Waals surface area contributed by atoms with Crippen molar-refractivity contribution in [3.63, 3.8) is 0 Å². The number of hydrogen-bond donors (Lipinski definition) is 0. The summed E-state index contributed by atoms with van der Waals surface area (Å²) >= 11 is 0. The maximum absolute atomic E-state index is 11.6. The Morgan fingerprint density at radius 3 is 2.12 bits per heavy atom. The van der Waals surface area contributed by atoms with Gasteiger partial charge in [0.15, 0.2) is 5.78 Å². The monoisotopic (exact) mass is 272 g/mol. The van der Waals surface area contributed by atoms with Crippen molar-refractivity contribution in [2.24, 2.45) is 0 Å². The normalized spacial score (nSPS) is 12.0. The van der Waals surface area contributed by atoms with Crippen molar-refractivity contribution in [2.45, 2.75) is 19.5 Å². The second-order valence-corrected chi connectivity index (χ2v) is 5.25. The average Bonchev–Trinajstić information content (AvgIpc) is 2.15. The van der Waals surface area contributed by atoms with Crippen LogP contribution in [0.4, 0.5) is 0 Å². The van der Waals surface area contributed by atoms with Crippen molar-refractivity contribution in [1.29, 1.82) is 0 Å². The molecule has 4 nitrogen and oxygen atoms in total. The van der Waals surface area contributed by atoms with Gasteiger partial charge in [0, 0.05) is 11.2 Å². The van der Waals surface area contributed by atoms with Gasteiger partial charge in [-0.3, -0.25) is 4.79 Å². The first-order valence-corrected chi connectivity index (χ1v) is 6.07. The molecule has 0 bridgehead atoms. The van der Waals surface area contributed by atoms with Crippen LogP contribution in [0.5, 0.6) is 0 Å². The first kappa shape index (κ1) is 20.4. The third kappa shape index (κ3) is 5.68. The Morgan fingerprint density at radius 2 is 1.71 bits per heavy atom. The summed E-state index contributed by atoms with van der Waals surface area (Å²) in [6, 6.07) is 6.59. The molecule has 0 aliphatic carbocycles. The molecule has 0 radical (unpaired) electrons. The summed E-state index contributed by atoms with van der Waals surface area (Å²) < 4.78 is 10.7.